The van der Waals surface area contributed by atoms with Crippen LogP contribution in [0.4, 0.5) is 5.69 Å². The van der Waals surface area contributed by atoms with Gasteiger partial charge in [-0.2, -0.15) is 8.42 Å². The summed E-state index contributed by atoms with van der Waals surface area (Å²) >= 11 is 0. The summed E-state index contributed by atoms with van der Waals surface area (Å²) < 4.78 is 31.0. The number of ether oxygens (including phenoxy) is 1. The number of hydrogen-bond acceptors (Lipinski definition) is 7. The third-order valence-corrected chi connectivity index (χ3v) is 3.98. The van der Waals surface area contributed by atoms with E-state index in [0.29, 0.717) is 24.8 Å². The molecule has 0 bridgehead atoms. The average molecular weight is 441 g/mol. The van der Waals surface area contributed by atoms with Gasteiger partial charge in [0.2, 0.25) is 6.41 Å². The maximum atomic E-state index is 10.5. The highest BCUT2D eigenvalue weighted by molar-refractivity contribution is 7.85. The first-order valence-corrected chi connectivity index (χ1v) is 10.9. The average Bonchev–Trinajstić information content (AvgIpc) is 2.67. The van der Waals surface area contributed by atoms with Gasteiger partial charge in [-0.15, -0.1) is 0 Å². The first-order valence-electron chi connectivity index (χ1n) is 9.03. The maximum absolute atomic E-state index is 10.5. The molecule has 0 aromatic heterocycles. The van der Waals surface area contributed by atoms with E-state index in [1.54, 1.807) is 19.2 Å². The van der Waals surface area contributed by atoms with E-state index < -0.39 is 16.2 Å². The number of hydrogen-bond donors (Lipinski definition) is 5. The molecule has 2 aromatic rings. The molecule has 2 rings (SSSR count). The lowest BCUT2D eigenvalue weighted by molar-refractivity contribution is -0.105. The van der Waals surface area contributed by atoms with Crippen LogP contribution >= 0.6 is 0 Å². The predicted octanol–water partition coefficient (Wildman–Crippen LogP) is 1.73. The predicted molar refractivity (Wildman–Crippen MR) is 114 cm³/mol. The molecule has 0 saturated carbocycles. The molecule has 9 nitrogen and oxygen atoms in total. The first kappa shape index (κ1) is 25.4. The smallest absolute Gasteiger partial charge is 0.261 e. The highest BCUT2D eigenvalue weighted by atomic mass is 32.2. The van der Waals surface area contributed by atoms with Crippen LogP contribution < -0.4 is 15.4 Å². The van der Waals surface area contributed by atoms with Crippen LogP contribution in [0.3, 0.4) is 0 Å². The number of phenols is 1. The number of amides is 1. The second-order valence-electron chi connectivity index (χ2n) is 6.65. The highest BCUT2D eigenvalue weighted by Crippen LogP contribution is 2.26. The van der Waals surface area contributed by atoms with Gasteiger partial charge in [0.15, 0.2) is 0 Å². The lowest BCUT2D eigenvalue weighted by Crippen LogP contribution is -2.32. The molecule has 30 heavy (non-hydrogen) atoms. The molecule has 0 saturated heterocycles. The van der Waals surface area contributed by atoms with E-state index in [4.69, 9.17) is 9.29 Å². The van der Waals surface area contributed by atoms with Gasteiger partial charge in [0.25, 0.3) is 10.1 Å². The molecule has 1 amide bonds. The van der Waals surface area contributed by atoms with Gasteiger partial charge in [-0.3, -0.25) is 9.35 Å². The number of carbonyl (C=O) groups excluding carboxylic acids is 1. The van der Waals surface area contributed by atoms with Crippen molar-refractivity contribution in [2.75, 3.05) is 25.2 Å². The van der Waals surface area contributed by atoms with Crippen LogP contribution in [-0.4, -0.2) is 55.5 Å². The van der Waals surface area contributed by atoms with Crippen LogP contribution in [0.1, 0.15) is 24.2 Å². The number of aromatic hydroxyl groups is 1. The summed E-state index contributed by atoms with van der Waals surface area (Å²) in [5, 5.41) is 25.6. The quantitative estimate of drug-likeness (QED) is 0.225. The number of benzene rings is 2. The highest BCUT2D eigenvalue weighted by Gasteiger charge is 2.12. The lowest BCUT2D eigenvalue weighted by atomic mass is 10.1. The van der Waals surface area contributed by atoms with E-state index in [2.05, 4.69) is 10.6 Å². The van der Waals surface area contributed by atoms with Gasteiger partial charge in [0.05, 0.1) is 25.2 Å². The van der Waals surface area contributed by atoms with Crippen molar-refractivity contribution in [3.05, 3.63) is 53.6 Å². The minimum Gasteiger partial charge on any atom is -0.506 e. The molecule has 0 spiro atoms. The van der Waals surface area contributed by atoms with Crippen molar-refractivity contribution in [2.24, 2.45) is 0 Å². The van der Waals surface area contributed by atoms with Crippen molar-refractivity contribution >= 4 is 22.2 Å². The van der Waals surface area contributed by atoms with Crippen molar-refractivity contribution in [3.63, 3.8) is 0 Å². The van der Waals surface area contributed by atoms with E-state index in [0.717, 1.165) is 12.2 Å². The molecular weight excluding hydrogens is 412 g/mol. The van der Waals surface area contributed by atoms with Crippen molar-refractivity contribution in [2.45, 2.75) is 25.5 Å². The fourth-order valence-corrected chi connectivity index (χ4v) is 2.56. The SMILES string of the molecule is COc1ccc(CC(C)NCC(O)c2ccc(O)c(NC=O)c2)cc1.CS(=O)(=O)O. The van der Waals surface area contributed by atoms with Gasteiger partial charge in [0, 0.05) is 12.6 Å². The molecule has 0 heterocycles. The van der Waals surface area contributed by atoms with Crippen molar-refractivity contribution in [1.29, 1.82) is 0 Å². The number of carbonyl (C=O) groups is 1. The van der Waals surface area contributed by atoms with Crippen molar-refractivity contribution in [3.8, 4) is 11.5 Å². The number of aliphatic hydroxyl groups excluding tert-OH is 1. The van der Waals surface area contributed by atoms with Crippen LogP contribution in [0.15, 0.2) is 42.5 Å². The van der Waals surface area contributed by atoms with E-state index in [-0.39, 0.29) is 17.5 Å². The Hall–Kier alpha value is -2.66. The summed E-state index contributed by atoms with van der Waals surface area (Å²) in [6.45, 7) is 2.41. The van der Waals surface area contributed by atoms with Crippen LogP contribution in [0.5, 0.6) is 11.5 Å². The van der Waals surface area contributed by atoms with Crippen LogP contribution in [-0.2, 0) is 21.3 Å². The minimum atomic E-state index is -3.67. The second-order valence-corrected chi connectivity index (χ2v) is 8.12. The van der Waals surface area contributed by atoms with Gasteiger partial charge in [-0.1, -0.05) is 18.2 Å². The third-order valence-electron chi connectivity index (χ3n) is 3.98. The summed E-state index contributed by atoms with van der Waals surface area (Å²) in [7, 11) is -2.03. The lowest BCUT2D eigenvalue weighted by Gasteiger charge is -2.18. The zero-order chi connectivity index (χ0) is 22.7. The molecule has 0 fully saturated rings. The topological polar surface area (TPSA) is 145 Å². The molecule has 10 heteroatoms. The minimum absolute atomic E-state index is 0.0381. The molecule has 0 aliphatic rings. The number of phenolic OH excluding ortho intramolecular Hbond substituents is 1. The summed E-state index contributed by atoms with van der Waals surface area (Å²) in [5.41, 5.74) is 2.07. The standard InChI is InChI=1S/C19H24N2O4.CH4O3S/c1-13(9-14-3-6-16(25-2)7-4-14)20-11-19(24)15-5-8-18(23)17(10-15)21-12-22;1-5(2,3)4/h3-8,10,12-13,19-20,23-24H,9,11H2,1-2H3,(H,21,22);1H3,(H,2,3,4). The molecule has 2 unspecified atom stereocenters. The molecule has 2 aromatic carbocycles. The molecule has 5 N–H and O–H groups in total. The Morgan fingerprint density at radius 3 is 2.30 bits per heavy atom. The largest absolute Gasteiger partial charge is 0.506 e. The van der Waals surface area contributed by atoms with E-state index in [1.165, 1.54) is 11.6 Å². The van der Waals surface area contributed by atoms with E-state index in [1.807, 2.05) is 31.2 Å². The maximum Gasteiger partial charge on any atom is 0.261 e. The molecular formula is C20H28N2O7S. The molecule has 0 aliphatic heterocycles. The molecule has 166 valence electrons. The van der Waals surface area contributed by atoms with E-state index >= 15 is 0 Å². The zero-order valence-corrected chi connectivity index (χ0v) is 17.9. The molecule has 0 radical (unpaired) electrons. The summed E-state index contributed by atoms with van der Waals surface area (Å²) in [6, 6.07) is 12.7. The number of aliphatic hydroxyl groups is 1. The molecule has 2 atom stereocenters. The Labute approximate surface area is 176 Å². The Morgan fingerprint density at radius 2 is 1.77 bits per heavy atom. The third kappa shape index (κ3) is 10.2. The summed E-state index contributed by atoms with van der Waals surface area (Å²) in [6.07, 6.45) is 1.28. The van der Waals surface area contributed by atoms with Crippen LogP contribution in [0.25, 0.3) is 0 Å². The normalized spacial score (nSPS) is 12.8. The number of rotatable bonds is 9. The Bertz CT molecular complexity index is 894. The van der Waals surface area contributed by atoms with Gasteiger partial charge in [-0.25, -0.2) is 0 Å². The first-order chi connectivity index (χ1) is 14.0. The van der Waals surface area contributed by atoms with Gasteiger partial charge in [0.1, 0.15) is 11.5 Å². The second kappa shape index (κ2) is 12.1. The molecule has 0 aliphatic carbocycles. The Morgan fingerprint density at radius 1 is 1.17 bits per heavy atom. The Balaban J connectivity index is 0.000000804. The Kier molecular flexibility index (Phi) is 10.3. The summed E-state index contributed by atoms with van der Waals surface area (Å²) in [4.78, 5) is 10.5. The zero-order valence-electron chi connectivity index (χ0n) is 17.1. The number of methoxy groups -OCH3 is 1. The van der Waals surface area contributed by atoms with Crippen LogP contribution in [0, 0.1) is 0 Å². The fourth-order valence-electron chi connectivity index (χ4n) is 2.56. The van der Waals surface area contributed by atoms with Gasteiger partial charge < -0.3 is 25.6 Å². The number of nitrogens with one attached hydrogen (secondary N) is 2. The van der Waals surface area contributed by atoms with Gasteiger partial charge >= 0.3 is 0 Å². The van der Waals surface area contributed by atoms with E-state index in [9.17, 15) is 23.4 Å². The summed E-state index contributed by atoms with van der Waals surface area (Å²) in [5.74, 6) is 0.788. The van der Waals surface area contributed by atoms with Crippen molar-refractivity contribution < 1.29 is 32.7 Å². The van der Waals surface area contributed by atoms with Crippen LogP contribution in [0.2, 0.25) is 0 Å². The van der Waals surface area contributed by atoms with Gasteiger partial charge in [-0.05, 0) is 48.7 Å². The fraction of sp³-hybridized carbons (Fsp3) is 0.350. The number of anilines is 1. The monoisotopic (exact) mass is 440 g/mol. The van der Waals surface area contributed by atoms with Crippen molar-refractivity contribution in [1.82, 2.24) is 5.32 Å².